The molecule has 1 rings (SSSR count). The molecule has 0 saturated carbocycles. The highest BCUT2D eigenvalue weighted by atomic mass is 16.2. The molecule has 0 radical (unpaired) electrons. The minimum absolute atomic E-state index is 0.0659. The number of nitrogens with one attached hydrogen (secondary N) is 1. The van der Waals surface area contributed by atoms with E-state index in [4.69, 9.17) is 0 Å². The first-order valence-electron chi connectivity index (χ1n) is 4.71. The van der Waals surface area contributed by atoms with Crippen LogP contribution in [0.4, 0.5) is 4.79 Å². The van der Waals surface area contributed by atoms with E-state index in [1.54, 1.807) is 20.2 Å². The van der Waals surface area contributed by atoms with Crippen LogP contribution >= 0.6 is 0 Å². The fraction of sp³-hybridized carbons (Fsp3) is 0.500. The van der Waals surface area contributed by atoms with Gasteiger partial charge in [-0.05, 0) is 12.5 Å². The molecule has 0 spiro atoms. The van der Waals surface area contributed by atoms with Gasteiger partial charge >= 0.3 is 6.03 Å². The van der Waals surface area contributed by atoms with Crippen molar-refractivity contribution in [3.05, 3.63) is 11.8 Å². The number of carbonyl (C=O) groups excluding carboxylic acids is 3. The largest absolute Gasteiger partial charge is 0.427 e. The van der Waals surface area contributed by atoms with Gasteiger partial charge in [-0.3, -0.25) is 9.59 Å². The van der Waals surface area contributed by atoms with E-state index >= 15 is 0 Å². The molecule has 0 aromatic carbocycles. The van der Waals surface area contributed by atoms with Crippen LogP contribution < -0.4 is 5.32 Å². The van der Waals surface area contributed by atoms with Crippen LogP contribution in [0.5, 0.6) is 0 Å². The van der Waals surface area contributed by atoms with Crippen LogP contribution in [0.15, 0.2) is 11.8 Å². The number of likely N-dealkylation sites (N-methyl/N-ethyl adjacent to an activating group) is 1. The summed E-state index contributed by atoms with van der Waals surface area (Å²) in [6.07, 6.45) is 1.86. The number of hydrogen-bond acceptors (Lipinski definition) is 3. The molecule has 5 nitrogen and oxygen atoms in total. The van der Waals surface area contributed by atoms with Crippen molar-refractivity contribution >= 4 is 17.7 Å². The first-order valence-corrected chi connectivity index (χ1v) is 4.71. The molecule has 0 bridgehead atoms. The van der Waals surface area contributed by atoms with Crippen LogP contribution in [0.2, 0.25) is 0 Å². The molecule has 1 unspecified atom stereocenters. The predicted molar refractivity (Wildman–Crippen MR) is 53.6 cm³/mol. The van der Waals surface area contributed by atoms with Gasteiger partial charge in [-0.25, -0.2) is 14.6 Å². The Kier molecular flexibility index (Phi) is 3.04. The van der Waals surface area contributed by atoms with Crippen LogP contribution in [-0.4, -0.2) is 35.8 Å². The van der Waals surface area contributed by atoms with Crippen LogP contribution in [0.1, 0.15) is 20.3 Å². The van der Waals surface area contributed by atoms with Crippen molar-refractivity contribution < 1.29 is 18.9 Å². The molecule has 5 heteroatoms. The third-order valence-corrected chi connectivity index (χ3v) is 2.21. The average Bonchev–Trinajstić information content (AvgIpc) is 2.07. The van der Waals surface area contributed by atoms with Gasteiger partial charge in [0.15, 0.2) is 12.3 Å². The number of urea groups is 1. The van der Waals surface area contributed by atoms with E-state index in [9.17, 15) is 14.4 Å². The van der Waals surface area contributed by atoms with Gasteiger partial charge in [0, 0.05) is 6.92 Å². The Morgan fingerprint density at radius 1 is 1.53 bits per heavy atom. The normalized spacial score (nSPS) is 26.7. The summed E-state index contributed by atoms with van der Waals surface area (Å²) >= 11 is 0. The molecule has 1 atom stereocenters. The molecule has 0 fully saturated rings. The summed E-state index contributed by atoms with van der Waals surface area (Å²) in [4.78, 5) is 33.9. The minimum atomic E-state index is -0.452. The second-order valence-electron chi connectivity index (χ2n) is 4.13. The van der Waals surface area contributed by atoms with Crippen molar-refractivity contribution in [2.75, 3.05) is 13.6 Å². The molecule has 1 aliphatic rings. The van der Waals surface area contributed by atoms with Gasteiger partial charge in [-0.2, -0.15) is 0 Å². The molecular weight excluding hydrogens is 196 g/mol. The first kappa shape index (κ1) is 11.6. The number of ketones is 1. The van der Waals surface area contributed by atoms with Gasteiger partial charge < -0.3 is 0 Å². The maximum absolute atomic E-state index is 11.7. The zero-order valence-electron chi connectivity index (χ0n) is 9.16. The lowest BCUT2D eigenvalue weighted by Gasteiger charge is -2.24. The first-order chi connectivity index (χ1) is 6.83. The number of amides is 3. The molecule has 82 valence electrons. The lowest BCUT2D eigenvalue weighted by atomic mass is 10.2. The quantitative estimate of drug-likeness (QED) is 0.679. The van der Waals surface area contributed by atoms with E-state index in [1.165, 1.54) is 6.92 Å². The number of hydrogen-bond donors (Lipinski definition) is 1. The average molecular weight is 211 g/mol. The van der Waals surface area contributed by atoms with Crippen molar-refractivity contribution in [3.63, 3.8) is 0 Å². The Morgan fingerprint density at radius 2 is 2.13 bits per heavy atom. The summed E-state index contributed by atoms with van der Waals surface area (Å²) in [5, 5.41) is 2.26. The number of carbonyl (C=O) groups is 3. The molecule has 3 amide bonds. The minimum Gasteiger partial charge on any atom is -0.294 e. The maximum Gasteiger partial charge on any atom is 0.427 e. The van der Waals surface area contributed by atoms with Crippen LogP contribution in [0.3, 0.4) is 0 Å². The third-order valence-electron chi connectivity index (χ3n) is 2.21. The van der Waals surface area contributed by atoms with E-state index in [2.05, 4.69) is 5.32 Å². The summed E-state index contributed by atoms with van der Waals surface area (Å²) in [5.41, 5.74) is 0.794. The van der Waals surface area contributed by atoms with Gasteiger partial charge in [-0.15, -0.1) is 0 Å². The van der Waals surface area contributed by atoms with E-state index in [0.717, 1.165) is 5.57 Å². The molecule has 15 heavy (non-hydrogen) atoms. The Hall–Kier alpha value is -1.49. The Bertz CT molecular complexity index is 360. The fourth-order valence-corrected chi connectivity index (χ4v) is 1.72. The number of Topliss-reactive ketones (excluding diaryl/α,β-unsaturated/α-hetero) is 1. The van der Waals surface area contributed by atoms with Crippen LogP contribution in [-0.2, 0) is 9.59 Å². The van der Waals surface area contributed by atoms with Crippen LogP contribution in [0.25, 0.3) is 0 Å². The van der Waals surface area contributed by atoms with E-state index < -0.39 is 6.03 Å². The number of imide groups is 1. The zero-order chi connectivity index (χ0) is 11.6. The van der Waals surface area contributed by atoms with Crippen molar-refractivity contribution in [1.29, 1.82) is 0 Å². The highest BCUT2D eigenvalue weighted by Gasteiger charge is 2.35. The summed E-state index contributed by atoms with van der Waals surface area (Å²) in [6.45, 7) is 3.26. The highest BCUT2D eigenvalue weighted by Crippen LogP contribution is 2.14. The second-order valence-corrected chi connectivity index (χ2v) is 4.13. The monoisotopic (exact) mass is 211 g/mol. The number of rotatable bonds is 2. The number of quaternary nitrogens is 1. The Labute approximate surface area is 88.3 Å². The van der Waals surface area contributed by atoms with Gasteiger partial charge in [0.1, 0.15) is 6.20 Å². The molecular formula is C10H15N2O3+. The Morgan fingerprint density at radius 3 is 2.67 bits per heavy atom. The van der Waals surface area contributed by atoms with Gasteiger partial charge in [0.25, 0.3) is 0 Å². The molecule has 0 aromatic heterocycles. The summed E-state index contributed by atoms with van der Waals surface area (Å²) < 4.78 is -0.188. The van der Waals surface area contributed by atoms with Gasteiger partial charge in [0.2, 0.25) is 5.91 Å². The van der Waals surface area contributed by atoms with Crippen molar-refractivity contribution in [1.82, 2.24) is 5.32 Å². The van der Waals surface area contributed by atoms with Gasteiger partial charge in [-0.1, -0.05) is 0 Å². The SMILES string of the molecule is CC(=O)C[N+]1(C)C=C(C)CC(=O)NC1=O. The van der Waals surface area contributed by atoms with E-state index in [0.29, 0.717) is 0 Å². The molecule has 0 saturated heterocycles. The van der Waals surface area contributed by atoms with Crippen molar-refractivity contribution in [2.24, 2.45) is 0 Å². The van der Waals surface area contributed by atoms with E-state index in [1.807, 2.05) is 0 Å². The molecule has 1 N–H and O–H groups in total. The summed E-state index contributed by atoms with van der Waals surface area (Å²) in [7, 11) is 1.61. The fourth-order valence-electron chi connectivity index (χ4n) is 1.72. The summed E-state index contributed by atoms with van der Waals surface area (Å²) in [6, 6.07) is -0.452. The molecule has 0 aliphatic carbocycles. The second kappa shape index (κ2) is 3.94. The van der Waals surface area contributed by atoms with Gasteiger partial charge in [0.05, 0.1) is 13.5 Å². The predicted octanol–water partition coefficient (Wildman–Crippen LogP) is 0.566. The lowest BCUT2D eigenvalue weighted by Crippen LogP contribution is -2.53. The highest BCUT2D eigenvalue weighted by molar-refractivity contribution is 5.94. The molecule has 1 heterocycles. The third kappa shape index (κ3) is 2.73. The topological polar surface area (TPSA) is 63.2 Å². The van der Waals surface area contributed by atoms with E-state index in [-0.39, 0.29) is 29.1 Å². The Balaban J connectivity index is 3.04. The maximum atomic E-state index is 11.7. The standard InChI is InChI=1S/C10H14N2O3/c1-7-4-9(14)11-10(15)12(3,5-7)6-8(2)13/h5H,4,6H2,1-3H3/p+1. The summed E-state index contributed by atoms with van der Waals surface area (Å²) in [5.74, 6) is -0.412. The molecule has 1 aliphatic heterocycles. The smallest absolute Gasteiger partial charge is 0.294 e. The number of nitrogens with zero attached hydrogens (tertiary/aromatic N) is 1. The van der Waals surface area contributed by atoms with Crippen molar-refractivity contribution in [3.8, 4) is 0 Å². The van der Waals surface area contributed by atoms with Crippen LogP contribution in [0, 0.1) is 0 Å². The zero-order valence-corrected chi connectivity index (χ0v) is 9.16. The van der Waals surface area contributed by atoms with Crippen molar-refractivity contribution in [2.45, 2.75) is 20.3 Å². The lowest BCUT2D eigenvalue weighted by molar-refractivity contribution is -0.767. The molecule has 0 aromatic rings.